The summed E-state index contributed by atoms with van der Waals surface area (Å²) in [5.41, 5.74) is 4.08. The number of fused-ring (bicyclic) bond motifs is 1. The second-order valence-corrected chi connectivity index (χ2v) is 5.53. The standard InChI is InChI=1S/C18H18N2O4/c1-12(17(21)20-22)10-11-23-14-8-6-13(7-9-14)18-19-15-4-2-3-5-16(15)24-18/h2-9,12,22H,10-11H2,1H3,(H,20,21). The molecule has 2 aromatic carbocycles. The molecule has 1 aromatic heterocycles. The van der Waals surface area contributed by atoms with Gasteiger partial charge in [0, 0.05) is 11.5 Å². The number of rotatable bonds is 6. The second-order valence-electron chi connectivity index (χ2n) is 5.53. The van der Waals surface area contributed by atoms with E-state index in [1.54, 1.807) is 12.4 Å². The van der Waals surface area contributed by atoms with Gasteiger partial charge in [-0.15, -0.1) is 0 Å². The number of amides is 1. The van der Waals surface area contributed by atoms with Crippen LogP contribution in [0.2, 0.25) is 0 Å². The minimum absolute atomic E-state index is 0.311. The van der Waals surface area contributed by atoms with Crippen LogP contribution >= 0.6 is 0 Å². The summed E-state index contributed by atoms with van der Waals surface area (Å²) in [6.07, 6.45) is 0.513. The smallest absolute Gasteiger partial charge is 0.246 e. The highest BCUT2D eigenvalue weighted by Crippen LogP contribution is 2.25. The number of ether oxygens (including phenoxy) is 1. The fourth-order valence-corrected chi connectivity index (χ4v) is 2.28. The second kappa shape index (κ2) is 7.14. The van der Waals surface area contributed by atoms with Gasteiger partial charge in [0.15, 0.2) is 5.58 Å². The predicted octanol–water partition coefficient (Wildman–Crippen LogP) is 3.41. The van der Waals surface area contributed by atoms with Crippen LogP contribution in [0.15, 0.2) is 52.9 Å². The van der Waals surface area contributed by atoms with Gasteiger partial charge in [-0.1, -0.05) is 19.1 Å². The molecule has 0 spiro atoms. The average molecular weight is 326 g/mol. The number of aromatic nitrogens is 1. The molecule has 0 aliphatic rings. The van der Waals surface area contributed by atoms with E-state index in [0.29, 0.717) is 24.7 Å². The van der Waals surface area contributed by atoms with Gasteiger partial charge in [-0.25, -0.2) is 10.5 Å². The Morgan fingerprint density at radius 3 is 2.71 bits per heavy atom. The van der Waals surface area contributed by atoms with E-state index in [4.69, 9.17) is 14.4 Å². The molecule has 3 rings (SSSR count). The van der Waals surface area contributed by atoms with Gasteiger partial charge in [0.2, 0.25) is 11.8 Å². The number of hydroxylamine groups is 1. The summed E-state index contributed by atoms with van der Waals surface area (Å²) >= 11 is 0. The first-order chi connectivity index (χ1) is 11.7. The van der Waals surface area contributed by atoms with E-state index >= 15 is 0 Å². The number of nitrogens with zero attached hydrogens (tertiary/aromatic N) is 1. The van der Waals surface area contributed by atoms with Crippen molar-refractivity contribution in [3.8, 4) is 17.2 Å². The molecule has 2 N–H and O–H groups in total. The van der Waals surface area contributed by atoms with E-state index in [1.807, 2.05) is 48.5 Å². The van der Waals surface area contributed by atoms with Gasteiger partial charge in [-0.05, 0) is 42.8 Å². The largest absolute Gasteiger partial charge is 0.494 e. The highest BCUT2D eigenvalue weighted by molar-refractivity contribution is 5.77. The number of hydrogen-bond acceptors (Lipinski definition) is 5. The molecular weight excluding hydrogens is 308 g/mol. The molecule has 1 unspecified atom stereocenters. The number of hydrogen-bond donors (Lipinski definition) is 2. The minimum atomic E-state index is -0.412. The lowest BCUT2D eigenvalue weighted by Gasteiger charge is -2.10. The molecule has 6 heteroatoms. The monoisotopic (exact) mass is 326 g/mol. The maximum Gasteiger partial charge on any atom is 0.246 e. The summed E-state index contributed by atoms with van der Waals surface area (Å²) in [6.45, 7) is 2.11. The van der Waals surface area contributed by atoms with Crippen molar-refractivity contribution in [1.82, 2.24) is 10.5 Å². The predicted molar refractivity (Wildman–Crippen MR) is 88.7 cm³/mol. The number of oxazole rings is 1. The molecule has 0 fully saturated rings. The third-order valence-electron chi connectivity index (χ3n) is 3.77. The van der Waals surface area contributed by atoms with E-state index in [9.17, 15) is 4.79 Å². The lowest BCUT2D eigenvalue weighted by molar-refractivity contribution is -0.133. The van der Waals surface area contributed by atoms with Crippen molar-refractivity contribution >= 4 is 17.0 Å². The number of para-hydroxylation sites is 2. The molecule has 1 atom stereocenters. The minimum Gasteiger partial charge on any atom is -0.494 e. The third kappa shape index (κ3) is 3.55. The van der Waals surface area contributed by atoms with Crippen LogP contribution < -0.4 is 10.2 Å². The Kier molecular flexibility index (Phi) is 4.77. The number of carbonyl (C=O) groups is 1. The van der Waals surface area contributed by atoms with Gasteiger partial charge >= 0.3 is 0 Å². The zero-order valence-electron chi connectivity index (χ0n) is 13.2. The van der Waals surface area contributed by atoms with Crippen molar-refractivity contribution < 1.29 is 19.2 Å². The van der Waals surface area contributed by atoms with Gasteiger partial charge in [-0.2, -0.15) is 0 Å². The maximum atomic E-state index is 11.2. The molecule has 1 heterocycles. The molecule has 0 radical (unpaired) electrons. The summed E-state index contributed by atoms with van der Waals surface area (Å²) in [5, 5.41) is 8.56. The highest BCUT2D eigenvalue weighted by atomic mass is 16.5. The summed E-state index contributed by atoms with van der Waals surface area (Å²) in [4.78, 5) is 15.6. The Morgan fingerprint density at radius 2 is 2.00 bits per heavy atom. The first-order valence-electron chi connectivity index (χ1n) is 7.70. The fourth-order valence-electron chi connectivity index (χ4n) is 2.28. The Bertz CT molecular complexity index is 793. The van der Waals surface area contributed by atoms with Crippen LogP contribution in [0.5, 0.6) is 5.75 Å². The molecule has 1 amide bonds. The first kappa shape index (κ1) is 16.0. The molecule has 0 aliphatic carbocycles. The SMILES string of the molecule is CC(CCOc1ccc(-c2nc3ccccc3o2)cc1)C(=O)NO. The van der Waals surface area contributed by atoms with Crippen molar-refractivity contribution in [2.24, 2.45) is 5.92 Å². The molecule has 6 nitrogen and oxygen atoms in total. The quantitative estimate of drug-likeness (QED) is 0.536. The summed E-state index contributed by atoms with van der Waals surface area (Å²) in [7, 11) is 0. The van der Waals surface area contributed by atoms with Crippen LogP contribution in [-0.4, -0.2) is 22.7 Å². The molecule has 3 aromatic rings. The van der Waals surface area contributed by atoms with E-state index in [2.05, 4.69) is 4.98 Å². The topological polar surface area (TPSA) is 84.6 Å². The summed E-state index contributed by atoms with van der Waals surface area (Å²) in [5.74, 6) is 0.543. The van der Waals surface area contributed by atoms with Crippen molar-refractivity contribution in [2.45, 2.75) is 13.3 Å². The Morgan fingerprint density at radius 1 is 1.25 bits per heavy atom. The summed E-state index contributed by atoms with van der Waals surface area (Å²) < 4.78 is 11.3. The first-order valence-corrected chi connectivity index (χ1v) is 7.70. The Labute approximate surface area is 139 Å². The maximum absolute atomic E-state index is 11.2. The lowest BCUT2D eigenvalue weighted by atomic mass is 10.1. The number of carbonyl (C=O) groups excluding carboxylic acids is 1. The van der Waals surface area contributed by atoms with Crippen molar-refractivity contribution in [2.75, 3.05) is 6.61 Å². The molecule has 24 heavy (non-hydrogen) atoms. The number of benzene rings is 2. The molecule has 124 valence electrons. The van der Waals surface area contributed by atoms with Crippen LogP contribution in [0.1, 0.15) is 13.3 Å². The van der Waals surface area contributed by atoms with Gasteiger partial charge in [-0.3, -0.25) is 10.0 Å². The van der Waals surface area contributed by atoms with Crippen LogP contribution in [0.3, 0.4) is 0 Å². The van der Waals surface area contributed by atoms with E-state index < -0.39 is 5.91 Å². The summed E-state index contributed by atoms with van der Waals surface area (Å²) in [6, 6.07) is 15.0. The fraction of sp³-hybridized carbons (Fsp3) is 0.222. The third-order valence-corrected chi connectivity index (χ3v) is 3.77. The molecular formula is C18H18N2O4. The zero-order chi connectivity index (χ0) is 16.9. The molecule has 0 aliphatic heterocycles. The molecule has 0 saturated carbocycles. The normalized spacial score (nSPS) is 12.1. The average Bonchev–Trinajstić information content (AvgIpc) is 3.05. The van der Waals surface area contributed by atoms with E-state index in [-0.39, 0.29) is 5.92 Å². The van der Waals surface area contributed by atoms with Crippen molar-refractivity contribution in [1.29, 1.82) is 0 Å². The van der Waals surface area contributed by atoms with Crippen molar-refractivity contribution in [3.63, 3.8) is 0 Å². The van der Waals surface area contributed by atoms with Crippen LogP contribution in [-0.2, 0) is 4.79 Å². The van der Waals surface area contributed by atoms with Gasteiger partial charge in [0.25, 0.3) is 0 Å². The van der Waals surface area contributed by atoms with E-state index in [0.717, 1.165) is 16.7 Å². The molecule has 0 bridgehead atoms. The van der Waals surface area contributed by atoms with Gasteiger partial charge in [0.1, 0.15) is 11.3 Å². The van der Waals surface area contributed by atoms with Crippen molar-refractivity contribution in [3.05, 3.63) is 48.5 Å². The van der Waals surface area contributed by atoms with Crippen LogP contribution in [0.4, 0.5) is 0 Å². The molecule has 0 saturated heterocycles. The van der Waals surface area contributed by atoms with Gasteiger partial charge in [0.05, 0.1) is 6.61 Å². The Balaban J connectivity index is 1.62. The number of nitrogens with one attached hydrogen (secondary N) is 1. The van der Waals surface area contributed by atoms with E-state index in [1.165, 1.54) is 0 Å². The Hall–Kier alpha value is -2.86. The van der Waals surface area contributed by atoms with Gasteiger partial charge < -0.3 is 9.15 Å². The zero-order valence-corrected chi connectivity index (χ0v) is 13.2. The highest BCUT2D eigenvalue weighted by Gasteiger charge is 2.12. The van der Waals surface area contributed by atoms with Crippen LogP contribution in [0, 0.1) is 5.92 Å². The lowest BCUT2D eigenvalue weighted by Crippen LogP contribution is -2.27. The van der Waals surface area contributed by atoms with Crippen LogP contribution in [0.25, 0.3) is 22.6 Å².